The van der Waals surface area contributed by atoms with E-state index in [0.717, 1.165) is 5.56 Å². The maximum Gasteiger partial charge on any atom is 0.144 e. The Morgan fingerprint density at radius 1 is 1.09 bits per heavy atom. The molecule has 0 saturated carbocycles. The monoisotopic (exact) mass is 333 g/mol. The number of hydrogen-bond donors (Lipinski definition) is 0. The maximum atomic E-state index is 13.2. The Kier molecular flexibility index (Phi) is 5.44. The van der Waals surface area contributed by atoms with E-state index >= 15 is 0 Å². The van der Waals surface area contributed by atoms with Crippen LogP contribution in [0.1, 0.15) is 31.9 Å². The van der Waals surface area contributed by atoms with Crippen molar-refractivity contribution in [2.45, 2.75) is 32.4 Å². The topological polar surface area (TPSA) is 44.6 Å². The van der Waals surface area contributed by atoms with Crippen LogP contribution in [0.25, 0.3) is 0 Å². The summed E-state index contributed by atoms with van der Waals surface area (Å²) in [6.45, 7) is 7.32. The minimum Gasteiger partial charge on any atom is -0.591 e. The van der Waals surface area contributed by atoms with Crippen molar-refractivity contribution in [3.05, 3.63) is 59.4 Å². The molecule has 1 unspecified atom stereocenters. The van der Waals surface area contributed by atoms with Gasteiger partial charge in [-0.2, -0.15) is 0 Å². The fraction of sp³-hybridized carbons (Fsp3) is 0.278. The molecule has 0 saturated heterocycles. The molecule has 3 nitrogen and oxygen atoms in total. The Labute approximate surface area is 139 Å². The van der Waals surface area contributed by atoms with Crippen LogP contribution in [0.4, 0.5) is 4.39 Å². The molecule has 0 heterocycles. The number of halogens is 1. The molecule has 5 heteroatoms. The molecular weight excluding hydrogens is 313 g/mol. The largest absolute Gasteiger partial charge is 0.591 e. The van der Waals surface area contributed by atoms with E-state index in [9.17, 15) is 8.94 Å². The molecule has 0 aliphatic heterocycles. The van der Waals surface area contributed by atoms with Crippen LogP contribution in [-0.4, -0.2) is 15.5 Å². The molecule has 0 fully saturated rings. The van der Waals surface area contributed by atoms with Crippen molar-refractivity contribution in [2.75, 3.05) is 0 Å². The number of benzene rings is 2. The van der Waals surface area contributed by atoms with Gasteiger partial charge in [0.15, 0.2) is 0 Å². The predicted octanol–water partition coefficient (Wildman–Crippen LogP) is 4.81. The van der Waals surface area contributed by atoms with Gasteiger partial charge in [-0.05, 0) is 81.3 Å². The molecule has 1 atom stereocenters. The first-order chi connectivity index (χ1) is 10.8. The minimum absolute atomic E-state index is 0.254. The van der Waals surface area contributed by atoms with Crippen molar-refractivity contribution in [3.63, 3.8) is 0 Å². The van der Waals surface area contributed by atoms with Crippen molar-refractivity contribution in [1.29, 1.82) is 0 Å². The average molecular weight is 333 g/mol. The summed E-state index contributed by atoms with van der Waals surface area (Å²) in [5.74, 6) is 0.972. The molecule has 0 amide bonds. The number of nitrogens with zero attached hydrogens (tertiary/aromatic N) is 1. The third-order valence-corrected chi connectivity index (χ3v) is 4.41. The molecular formula is C18H20FNO2S. The van der Waals surface area contributed by atoms with E-state index < -0.39 is 11.4 Å². The first-order valence-corrected chi connectivity index (χ1v) is 8.36. The van der Waals surface area contributed by atoms with Crippen molar-refractivity contribution >= 4 is 17.6 Å². The van der Waals surface area contributed by atoms with Gasteiger partial charge in [-0.3, -0.25) is 0 Å². The molecule has 2 aromatic rings. The molecule has 23 heavy (non-hydrogen) atoms. The molecule has 0 spiro atoms. The molecule has 2 aromatic carbocycles. The van der Waals surface area contributed by atoms with E-state index in [4.69, 9.17) is 4.74 Å². The number of rotatable bonds is 4. The summed E-state index contributed by atoms with van der Waals surface area (Å²) in [7, 11) is 0. The van der Waals surface area contributed by atoms with Crippen LogP contribution in [0.5, 0.6) is 11.5 Å². The molecule has 0 N–H and O–H groups in total. The highest BCUT2D eigenvalue weighted by molar-refractivity contribution is 7.91. The predicted molar refractivity (Wildman–Crippen MR) is 93.1 cm³/mol. The zero-order valence-electron chi connectivity index (χ0n) is 13.7. The van der Waals surface area contributed by atoms with Gasteiger partial charge in [0.25, 0.3) is 0 Å². The van der Waals surface area contributed by atoms with Crippen LogP contribution in [0, 0.1) is 12.7 Å². The van der Waals surface area contributed by atoms with E-state index in [0.29, 0.717) is 17.1 Å². The Bertz CT molecular complexity index is 693. The summed E-state index contributed by atoms with van der Waals surface area (Å²) in [6.07, 6.45) is 1.59. The summed E-state index contributed by atoms with van der Waals surface area (Å²) >= 11 is -1.28. The van der Waals surface area contributed by atoms with E-state index in [1.807, 2.05) is 32.9 Å². The second kappa shape index (κ2) is 7.15. The van der Waals surface area contributed by atoms with E-state index in [2.05, 4.69) is 4.40 Å². The van der Waals surface area contributed by atoms with Crippen molar-refractivity contribution in [1.82, 2.24) is 0 Å². The number of aryl methyl sites for hydroxylation is 1. The smallest absolute Gasteiger partial charge is 0.144 e. The summed E-state index contributed by atoms with van der Waals surface area (Å²) < 4.78 is 34.5. The third-order valence-electron chi connectivity index (χ3n) is 3.07. The van der Waals surface area contributed by atoms with E-state index in [-0.39, 0.29) is 10.6 Å². The standard InChI is InChI=1S/C18H20FNO2S/c1-13-11-16(9-10-17(13)19)22-15-7-5-14(6-8-15)12-20-23(21)18(2,3)4/h5-12H,1-4H3. The first kappa shape index (κ1) is 17.5. The molecule has 0 bridgehead atoms. The second-order valence-electron chi connectivity index (χ2n) is 6.18. The van der Waals surface area contributed by atoms with Gasteiger partial charge in [-0.25, -0.2) is 4.39 Å². The van der Waals surface area contributed by atoms with Gasteiger partial charge in [0, 0.05) is 0 Å². The maximum absolute atomic E-state index is 13.2. The number of ether oxygens (including phenoxy) is 1. The van der Waals surface area contributed by atoms with Crippen molar-refractivity contribution < 1.29 is 13.7 Å². The highest BCUT2D eigenvalue weighted by Gasteiger charge is 2.25. The SMILES string of the molecule is Cc1cc(Oc2ccc(C=N[S+]([O-])C(C)(C)C)cc2)ccc1F. The van der Waals surface area contributed by atoms with Gasteiger partial charge >= 0.3 is 0 Å². The Balaban J connectivity index is 2.04. The molecule has 0 radical (unpaired) electrons. The van der Waals surface area contributed by atoms with Gasteiger partial charge in [0.2, 0.25) is 0 Å². The van der Waals surface area contributed by atoms with Crippen LogP contribution in [0.2, 0.25) is 0 Å². The molecule has 2 rings (SSSR count). The van der Waals surface area contributed by atoms with Crippen LogP contribution in [0.3, 0.4) is 0 Å². The van der Waals surface area contributed by atoms with Gasteiger partial charge in [-0.1, -0.05) is 4.40 Å². The zero-order chi connectivity index (χ0) is 17.0. The van der Waals surface area contributed by atoms with Crippen LogP contribution < -0.4 is 4.74 Å². The first-order valence-electron chi connectivity index (χ1n) is 7.26. The second-order valence-corrected chi connectivity index (χ2v) is 8.11. The fourth-order valence-electron chi connectivity index (χ4n) is 1.71. The van der Waals surface area contributed by atoms with Gasteiger partial charge in [-0.15, -0.1) is 0 Å². The lowest BCUT2D eigenvalue weighted by Crippen LogP contribution is -2.25. The lowest BCUT2D eigenvalue weighted by molar-refractivity contribution is 0.479. The lowest BCUT2D eigenvalue weighted by atomic mass is 10.2. The van der Waals surface area contributed by atoms with Gasteiger partial charge in [0.05, 0.1) is 6.21 Å². The Hall–Kier alpha value is -1.85. The summed E-state index contributed by atoms with van der Waals surface area (Å²) in [6, 6.07) is 11.9. The quantitative estimate of drug-likeness (QED) is 0.595. The van der Waals surface area contributed by atoms with E-state index in [1.165, 1.54) is 6.07 Å². The van der Waals surface area contributed by atoms with Crippen molar-refractivity contribution in [2.24, 2.45) is 4.40 Å². The minimum atomic E-state index is -1.28. The fourth-order valence-corrected chi connectivity index (χ4v) is 2.24. The van der Waals surface area contributed by atoms with Crippen LogP contribution in [-0.2, 0) is 11.4 Å². The molecule has 0 aromatic heterocycles. The highest BCUT2D eigenvalue weighted by Crippen LogP contribution is 2.23. The third kappa shape index (κ3) is 5.08. The number of hydrogen-bond acceptors (Lipinski definition) is 3. The summed E-state index contributed by atoms with van der Waals surface area (Å²) in [5.41, 5.74) is 1.38. The lowest BCUT2D eigenvalue weighted by Gasteiger charge is -2.17. The van der Waals surface area contributed by atoms with Crippen molar-refractivity contribution in [3.8, 4) is 11.5 Å². The Morgan fingerprint density at radius 3 is 2.26 bits per heavy atom. The summed E-state index contributed by atoms with van der Waals surface area (Å²) in [5, 5.41) is 0. The molecule has 0 aliphatic rings. The molecule has 0 aliphatic carbocycles. The van der Waals surface area contributed by atoms with Gasteiger partial charge in [0.1, 0.15) is 33.4 Å². The molecule has 122 valence electrons. The van der Waals surface area contributed by atoms with Crippen LogP contribution in [0.15, 0.2) is 46.9 Å². The normalized spacial score (nSPS) is 13.3. The Morgan fingerprint density at radius 2 is 1.70 bits per heavy atom. The highest BCUT2D eigenvalue weighted by atomic mass is 32.2. The van der Waals surface area contributed by atoms with E-state index in [1.54, 1.807) is 37.4 Å². The zero-order valence-corrected chi connectivity index (χ0v) is 14.5. The average Bonchev–Trinajstić information content (AvgIpc) is 2.49. The summed E-state index contributed by atoms with van der Waals surface area (Å²) in [4.78, 5) is 0. The van der Waals surface area contributed by atoms with Crippen LogP contribution >= 0.6 is 0 Å². The van der Waals surface area contributed by atoms with Gasteiger partial charge < -0.3 is 9.29 Å².